The Bertz CT molecular complexity index is 1200. The second kappa shape index (κ2) is 7.55. The molecular weight excluding hydrogens is 387 g/mol. The molecule has 7 heteroatoms. The predicted molar refractivity (Wildman–Crippen MR) is 118 cm³/mol. The summed E-state index contributed by atoms with van der Waals surface area (Å²) in [4.78, 5) is 15.9. The number of aromatic nitrogens is 3. The van der Waals surface area contributed by atoms with Crippen LogP contribution in [0.2, 0.25) is 0 Å². The van der Waals surface area contributed by atoms with Crippen LogP contribution in [0, 0.1) is 12.7 Å². The van der Waals surface area contributed by atoms with E-state index in [1.165, 1.54) is 17.4 Å². The average Bonchev–Trinajstić information content (AvgIpc) is 3.09. The normalized spacial score (nSPS) is 12.5. The highest BCUT2D eigenvalue weighted by molar-refractivity contribution is 7.21. The summed E-state index contributed by atoms with van der Waals surface area (Å²) < 4.78 is 21.1. The van der Waals surface area contributed by atoms with Gasteiger partial charge in [0.15, 0.2) is 11.6 Å². The molecule has 0 saturated heterocycles. The monoisotopic (exact) mass is 410 g/mol. The number of nitrogens with zero attached hydrogens (tertiary/aromatic N) is 4. The van der Waals surface area contributed by atoms with E-state index in [0.29, 0.717) is 5.52 Å². The van der Waals surface area contributed by atoms with Crippen LogP contribution < -0.4 is 9.64 Å². The van der Waals surface area contributed by atoms with Crippen molar-refractivity contribution in [3.8, 4) is 16.3 Å². The minimum absolute atomic E-state index is 0.0452. The number of benzene rings is 2. The van der Waals surface area contributed by atoms with E-state index >= 15 is 0 Å². The molecule has 4 aromatic rings. The molecule has 0 aliphatic carbocycles. The Labute approximate surface area is 173 Å². The Morgan fingerprint density at radius 3 is 2.66 bits per heavy atom. The average molecular weight is 411 g/mol. The SMILES string of the molecule is CC[C@H](C)Oc1cc2sc(-c3cc(C)cc4nc(N(C)C)cnc34)nc2cc1F. The van der Waals surface area contributed by atoms with Crippen LogP contribution in [0.1, 0.15) is 25.8 Å². The summed E-state index contributed by atoms with van der Waals surface area (Å²) in [6.45, 7) is 5.97. The fourth-order valence-electron chi connectivity index (χ4n) is 3.07. The number of ether oxygens (including phenoxy) is 1. The second-order valence-corrected chi connectivity index (χ2v) is 8.44. The summed E-state index contributed by atoms with van der Waals surface area (Å²) in [5.41, 5.74) is 4.20. The molecule has 0 unspecified atom stereocenters. The van der Waals surface area contributed by atoms with Gasteiger partial charge in [0.1, 0.15) is 10.8 Å². The van der Waals surface area contributed by atoms with Crippen LogP contribution in [0.5, 0.6) is 5.75 Å². The van der Waals surface area contributed by atoms with Gasteiger partial charge in [0.05, 0.1) is 33.6 Å². The van der Waals surface area contributed by atoms with Gasteiger partial charge in [-0.1, -0.05) is 6.92 Å². The van der Waals surface area contributed by atoms with Crippen molar-refractivity contribution < 1.29 is 9.13 Å². The third kappa shape index (κ3) is 3.74. The largest absolute Gasteiger partial charge is 0.488 e. The molecular formula is C22H23FN4OS. The van der Waals surface area contributed by atoms with Gasteiger partial charge in [-0.05, 0) is 38.0 Å². The molecule has 0 saturated carbocycles. The molecule has 0 fully saturated rings. The lowest BCUT2D eigenvalue weighted by Gasteiger charge is -2.12. The third-order valence-corrected chi connectivity index (χ3v) is 5.86. The lowest BCUT2D eigenvalue weighted by Crippen LogP contribution is -2.11. The number of anilines is 1. The molecule has 2 aromatic carbocycles. The Hall–Kier alpha value is -2.80. The van der Waals surface area contributed by atoms with E-state index in [-0.39, 0.29) is 17.7 Å². The van der Waals surface area contributed by atoms with Gasteiger partial charge in [0.25, 0.3) is 0 Å². The zero-order chi connectivity index (χ0) is 20.7. The van der Waals surface area contributed by atoms with Crippen LogP contribution in [0.3, 0.4) is 0 Å². The first-order valence-electron chi connectivity index (χ1n) is 9.57. The van der Waals surface area contributed by atoms with Crippen molar-refractivity contribution in [2.45, 2.75) is 33.3 Å². The Balaban J connectivity index is 1.85. The first-order valence-corrected chi connectivity index (χ1v) is 10.4. The number of hydrogen-bond acceptors (Lipinski definition) is 6. The van der Waals surface area contributed by atoms with E-state index < -0.39 is 0 Å². The highest BCUT2D eigenvalue weighted by Gasteiger charge is 2.16. The van der Waals surface area contributed by atoms with E-state index in [1.807, 2.05) is 45.8 Å². The quantitative estimate of drug-likeness (QED) is 0.429. The van der Waals surface area contributed by atoms with Crippen LogP contribution in [0.15, 0.2) is 30.5 Å². The van der Waals surface area contributed by atoms with E-state index in [2.05, 4.69) is 16.0 Å². The van der Waals surface area contributed by atoms with E-state index in [1.54, 1.807) is 12.3 Å². The van der Waals surface area contributed by atoms with Crippen LogP contribution in [0.4, 0.5) is 10.2 Å². The molecule has 0 spiro atoms. The number of fused-ring (bicyclic) bond motifs is 2. The topological polar surface area (TPSA) is 51.1 Å². The number of hydrogen-bond donors (Lipinski definition) is 0. The van der Waals surface area contributed by atoms with Crippen LogP contribution in [-0.2, 0) is 0 Å². The maximum atomic E-state index is 14.5. The molecule has 0 N–H and O–H groups in total. The minimum atomic E-state index is -0.390. The van der Waals surface area contributed by atoms with Crippen molar-refractivity contribution >= 4 is 38.4 Å². The summed E-state index contributed by atoms with van der Waals surface area (Å²) in [7, 11) is 3.88. The summed E-state index contributed by atoms with van der Waals surface area (Å²) >= 11 is 1.51. The van der Waals surface area contributed by atoms with Crippen LogP contribution >= 0.6 is 11.3 Å². The standard InChI is InChI=1S/C22H23FN4OS/c1-6-13(3)28-18-10-19-16(9-15(18)23)26-22(29-19)14-7-12(2)8-17-21(14)24-11-20(25-17)27(4)5/h7-11,13H,6H2,1-5H3/t13-/m0/s1. The molecule has 0 amide bonds. The van der Waals surface area contributed by atoms with Gasteiger partial charge in [-0.2, -0.15) is 0 Å². The Morgan fingerprint density at radius 2 is 1.93 bits per heavy atom. The van der Waals surface area contributed by atoms with Crippen molar-refractivity contribution in [3.63, 3.8) is 0 Å². The van der Waals surface area contributed by atoms with E-state index in [0.717, 1.165) is 44.1 Å². The summed E-state index contributed by atoms with van der Waals surface area (Å²) in [5, 5.41) is 0.792. The van der Waals surface area contributed by atoms with Gasteiger partial charge in [-0.3, -0.25) is 4.98 Å². The van der Waals surface area contributed by atoms with Crippen LogP contribution in [0.25, 0.3) is 31.8 Å². The first-order chi connectivity index (χ1) is 13.9. The van der Waals surface area contributed by atoms with Gasteiger partial charge in [0, 0.05) is 31.8 Å². The molecule has 2 aromatic heterocycles. The molecule has 0 radical (unpaired) electrons. The van der Waals surface area contributed by atoms with Crippen molar-refractivity contribution in [1.29, 1.82) is 0 Å². The number of aryl methyl sites for hydroxylation is 1. The predicted octanol–water partition coefficient (Wildman–Crippen LogP) is 5.60. The lowest BCUT2D eigenvalue weighted by atomic mass is 10.1. The molecule has 0 bridgehead atoms. The molecule has 150 valence electrons. The zero-order valence-electron chi connectivity index (χ0n) is 17.2. The molecule has 5 nitrogen and oxygen atoms in total. The molecule has 4 rings (SSSR count). The smallest absolute Gasteiger partial charge is 0.167 e. The van der Waals surface area contributed by atoms with Gasteiger partial charge in [-0.25, -0.2) is 14.4 Å². The van der Waals surface area contributed by atoms with Gasteiger partial charge < -0.3 is 9.64 Å². The highest BCUT2D eigenvalue weighted by atomic mass is 32.1. The minimum Gasteiger partial charge on any atom is -0.488 e. The fraction of sp³-hybridized carbons (Fsp3) is 0.318. The summed E-state index contributed by atoms with van der Waals surface area (Å²) in [5.74, 6) is 0.679. The summed E-state index contributed by atoms with van der Waals surface area (Å²) in [6.07, 6.45) is 2.52. The zero-order valence-corrected chi connectivity index (χ0v) is 18.0. The van der Waals surface area contributed by atoms with Gasteiger partial charge in [0.2, 0.25) is 0 Å². The first kappa shape index (κ1) is 19.5. The van der Waals surface area contributed by atoms with E-state index in [9.17, 15) is 4.39 Å². The van der Waals surface area contributed by atoms with E-state index in [4.69, 9.17) is 9.72 Å². The van der Waals surface area contributed by atoms with Crippen molar-refractivity contribution in [3.05, 3.63) is 41.8 Å². The summed E-state index contributed by atoms with van der Waals surface area (Å²) in [6, 6.07) is 7.26. The number of halogens is 1. The molecule has 29 heavy (non-hydrogen) atoms. The maximum absolute atomic E-state index is 14.5. The number of rotatable bonds is 5. The van der Waals surface area contributed by atoms with Crippen molar-refractivity contribution in [1.82, 2.24) is 15.0 Å². The van der Waals surface area contributed by atoms with Gasteiger partial charge in [-0.15, -0.1) is 11.3 Å². The van der Waals surface area contributed by atoms with Crippen molar-refractivity contribution in [2.75, 3.05) is 19.0 Å². The molecule has 2 heterocycles. The second-order valence-electron chi connectivity index (χ2n) is 7.41. The third-order valence-electron chi connectivity index (χ3n) is 4.81. The number of thiazole rings is 1. The van der Waals surface area contributed by atoms with Crippen molar-refractivity contribution in [2.24, 2.45) is 0 Å². The lowest BCUT2D eigenvalue weighted by molar-refractivity contribution is 0.208. The molecule has 0 aliphatic heterocycles. The molecule has 0 aliphatic rings. The van der Waals surface area contributed by atoms with Gasteiger partial charge >= 0.3 is 0 Å². The van der Waals surface area contributed by atoms with Crippen LogP contribution in [-0.4, -0.2) is 35.2 Å². The maximum Gasteiger partial charge on any atom is 0.167 e. The fourth-order valence-corrected chi connectivity index (χ4v) is 4.06. The Morgan fingerprint density at radius 1 is 1.14 bits per heavy atom. The Kier molecular flexibility index (Phi) is 5.08. The molecule has 1 atom stereocenters. The highest BCUT2D eigenvalue weighted by Crippen LogP contribution is 2.37.